The SMILES string of the molecule is Cc1ccc(C[C@H]2NC(=O)/C=C/C[C@@H]([C@H](C)[C@H]3O[C@@H]3c3ccc(CN=[N+]=[N-])cc3)OC(=O)[C@H](CC(C)(C)C)NC(=O)C(C)(C)C(C)NC2=O)cc1Cl. The fourth-order valence-electron chi connectivity index (χ4n) is 6.11. The van der Waals surface area contributed by atoms with Gasteiger partial charge >= 0.3 is 5.97 Å². The number of aryl methyl sites for hydroxylation is 1. The van der Waals surface area contributed by atoms with Crippen molar-refractivity contribution in [2.24, 2.45) is 21.9 Å². The second-order valence-corrected chi connectivity index (χ2v) is 16.1. The number of nitrogens with zero attached hydrogens (tertiary/aromatic N) is 3. The Bertz CT molecular complexity index is 1710. The minimum Gasteiger partial charge on any atom is -0.460 e. The quantitative estimate of drug-likeness (QED) is 0.0907. The van der Waals surface area contributed by atoms with Crippen molar-refractivity contribution in [1.82, 2.24) is 16.0 Å². The molecular weight excluding hydrogens is 684 g/mol. The third-order valence-corrected chi connectivity index (χ3v) is 10.3. The maximum atomic E-state index is 13.9. The first-order chi connectivity index (χ1) is 24.4. The Balaban J connectivity index is 1.64. The molecule has 2 aromatic rings. The highest BCUT2D eigenvalue weighted by Crippen LogP contribution is 2.45. The predicted octanol–water partition coefficient (Wildman–Crippen LogP) is 6.59. The van der Waals surface area contributed by atoms with Crippen LogP contribution in [0.2, 0.25) is 5.02 Å². The summed E-state index contributed by atoms with van der Waals surface area (Å²) in [5.74, 6) is -2.27. The van der Waals surface area contributed by atoms with Crippen molar-refractivity contribution in [1.29, 1.82) is 0 Å². The van der Waals surface area contributed by atoms with Crippen LogP contribution in [0.4, 0.5) is 0 Å². The van der Waals surface area contributed by atoms with Crippen molar-refractivity contribution in [3.63, 3.8) is 0 Å². The number of amides is 3. The Morgan fingerprint density at radius 1 is 1.02 bits per heavy atom. The number of esters is 1. The highest BCUT2D eigenvalue weighted by molar-refractivity contribution is 6.31. The van der Waals surface area contributed by atoms with Crippen LogP contribution >= 0.6 is 11.6 Å². The normalized spacial score (nSPS) is 26.9. The minimum atomic E-state index is -1.15. The summed E-state index contributed by atoms with van der Waals surface area (Å²) in [5.41, 5.74) is 10.6. The molecule has 0 saturated carbocycles. The molecule has 0 bridgehead atoms. The zero-order chi connectivity index (χ0) is 38.4. The molecule has 4 rings (SSSR count). The molecule has 0 aromatic heterocycles. The number of rotatable bonds is 8. The Hall–Kier alpha value is -4.38. The number of hydrogen-bond acceptors (Lipinski definition) is 7. The topological polar surface area (TPSA) is 175 Å². The molecule has 3 N–H and O–H groups in total. The summed E-state index contributed by atoms with van der Waals surface area (Å²) in [5, 5.41) is 12.8. The smallest absolute Gasteiger partial charge is 0.328 e. The Labute approximate surface area is 311 Å². The van der Waals surface area contributed by atoms with Gasteiger partial charge in [-0.1, -0.05) is 86.9 Å². The number of halogens is 1. The van der Waals surface area contributed by atoms with Gasteiger partial charge in [0.15, 0.2) is 0 Å². The van der Waals surface area contributed by atoms with E-state index >= 15 is 0 Å². The molecule has 13 heteroatoms. The Morgan fingerprint density at radius 2 is 1.69 bits per heavy atom. The summed E-state index contributed by atoms with van der Waals surface area (Å²) < 4.78 is 12.3. The molecule has 1 saturated heterocycles. The van der Waals surface area contributed by atoms with Crippen molar-refractivity contribution >= 4 is 35.3 Å². The summed E-state index contributed by atoms with van der Waals surface area (Å²) >= 11 is 6.37. The van der Waals surface area contributed by atoms with E-state index in [2.05, 4.69) is 26.0 Å². The van der Waals surface area contributed by atoms with Gasteiger partial charge in [0.25, 0.3) is 0 Å². The van der Waals surface area contributed by atoms with Crippen molar-refractivity contribution in [3.8, 4) is 0 Å². The number of benzene rings is 2. The molecule has 7 atom stereocenters. The van der Waals surface area contributed by atoms with Gasteiger partial charge in [-0.3, -0.25) is 14.4 Å². The Kier molecular flexibility index (Phi) is 13.2. The van der Waals surface area contributed by atoms with E-state index < -0.39 is 53.3 Å². The highest BCUT2D eigenvalue weighted by atomic mass is 35.5. The summed E-state index contributed by atoms with van der Waals surface area (Å²) in [6.07, 6.45) is 2.40. The molecule has 3 amide bonds. The van der Waals surface area contributed by atoms with Gasteiger partial charge in [0.2, 0.25) is 17.7 Å². The second kappa shape index (κ2) is 17.0. The van der Waals surface area contributed by atoms with Crippen LogP contribution in [0.5, 0.6) is 0 Å². The van der Waals surface area contributed by atoms with Crippen LogP contribution in [-0.4, -0.2) is 54.0 Å². The van der Waals surface area contributed by atoms with Crippen molar-refractivity contribution < 1.29 is 28.7 Å². The van der Waals surface area contributed by atoms with E-state index in [0.717, 1.165) is 22.3 Å². The largest absolute Gasteiger partial charge is 0.460 e. The van der Waals surface area contributed by atoms with Crippen molar-refractivity contribution in [2.45, 2.75) is 118 Å². The van der Waals surface area contributed by atoms with Gasteiger partial charge in [-0.2, -0.15) is 0 Å². The lowest BCUT2D eigenvalue weighted by Crippen LogP contribution is -2.58. The number of nitrogens with one attached hydrogen (secondary N) is 3. The van der Waals surface area contributed by atoms with Gasteiger partial charge in [0, 0.05) is 34.7 Å². The monoisotopic (exact) mass is 734 g/mol. The maximum Gasteiger partial charge on any atom is 0.328 e. The number of azide groups is 1. The lowest BCUT2D eigenvalue weighted by Gasteiger charge is -2.35. The number of epoxide rings is 1. The summed E-state index contributed by atoms with van der Waals surface area (Å²) in [6, 6.07) is 10.5. The van der Waals surface area contributed by atoms with Gasteiger partial charge < -0.3 is 25.4 Å². The summed E-state index contributed by atoms with van der Waals surface area (Å²) in [7, 11) is 0. The van der Waals surface area contributed by atoms with Crippen LogP contribution < -0.4 is 16.0 Å². The van der Waals surface area contributed by atoms with E-state index in [-0.39, 0.29) is 42.9 Å². The van der Waals surface area contributed by atoms with E-state index in [1.54, 1.807) is 32.9 Å². The second-order valence-electron chi connectivity index (χ2n) is 15.7. The highest BCUT2D eigenvalue weighted by Gasteiger charge is 2.48. The van der Waals surface area contributed by atoms with Crippen molar-refractivity contribution in [2.75, 3.05) is 0 Å². The van der Waals surface area contributed by atoms with E-state index in [1.807, 2.05) is 71.0 Å². The van der Waals surface area contributed by atoms with E-state index in [0.29, 0.717) is 11.4 Å². The predicted molar refractivity (Wildman–Crippen MR) is 199 cm³/mol. The number of carbonyl (C=O) groups excluding carboxylic acids is 4. The van der Waals surface area contributed by atoms with Gasteiger partial charge in [0.1, 0.15) is 24.3 Å². The molecule has 2 heterocycles. The molecular formula is C39H51ClN6O6. The molecule has 0 radical (unpaired) electrons. The number of cyclic esters (lactones) is 1. The van der Waals surface area contributed by atoms with E-state index in [1.165, 1.54) is 6.08 Å². The number of ether oxygens (including phenoxy) is 2. The molecule has 12 nitrogen and oxygen atoms in total. The first-order valence-corrected chi connectivity index (χ1v) is 18.1. The molecule has 1 fully saturated rings. The number of carbonyl (C=O) groups is 4. The van der Waals surface area contributed by atoms with Gasteiger partial charge in [0.05, 0.1) is 18.1 Å². The Morgan fingerprint density at radius 3 is 2.33 bits per heavy atom. The van der Waals surface area contributed by atoms with Gasteiger partial charge in [-0.05, 0) is 79.5 Å². The standard InChI is InChI=1S/C39H51ClN6O6/c1-22-12-13-26(18-28(22)40)19-29-35(48)43-24(3)39(7,8)37(50)45-30(20-38(4,5)6)36(49)51-31(10-9-11-32(47)44-29)23(2)33-34(52-33)27-16-14-25(15-17-27)21-42-46-41/h9,11-18,23-24,29-31,33-34H,10,19-21H2,1-8H3,(H,43,48)(H,44,47)(H,45,50)/b11-9+/t23-,24?,29+,30-,31-,33+,34+/m0/s1. The summed E-state index contributed by atoms with van der Waals surface area (Å²) in [6.45, 7) is 15.1. The zero-order valence-electron chi connectivity index (χ0n) is 31.2. The minimum absolute atomic E-state index is 0.169. The zero-order valence-corrected chi connectivity index (χ0v) is 32.0. The average Bonchev–Trinajstić information content (AvgIpc) is 3.87. The van der Waals surface area contributed by atoms with Crippen LogP contribution in [0.25, 0.3) is 10.4 Å². The van der Waals surface area contributed by atoms with Crippen LogP contribution in [0.15, 0.2) is 59.7 Å². The molecule has 52 heavy (non-hydrogen) atoms. The van der Waals surface area contributed by atoms with Crippen LogP contribution in [0, 0.1) is 23.7 Å². The van der Waals surface area contributed by atoms with Crippen molar-refractivity contribution in [3.05, 3.63) is 92.3 Å². The molecule has 280 valence electrons. The molecule has 0 aliphatic carbocycles. The molecule has 0 spiro atoms. The maximum absolute atomic E-state index is 13.9. The lowest BCUT2D eigenvalue weighted by molar-refractivity contribution is -0.157. The van der Waals surface area contributed by atoms with Crippen LogP contribution in [-0.2, 0) is 41.6 Å². The first-order valence-electron chi connectivity index (χ1n) is 17.7. The fraction of sp³-hybridized carbons (Fsp3) is 0.538. The number of hydrogen-bond donors (Lipinski definition) is 3. The van der Waals surface area contributed by atoms with Crippen LogP contribution in [0.1, 0.15) is 89.7 Å². The molecule has 2 aliphatic heterocycles. The molecule has 2 aliphatic rings. The van der Waals surface area contributed by atoms with E-state index in [9.17, 15) is 19.2 Å². The third kappa shape index (κ3) is 10.8. The van der Waals surface area contributed by atoms with Gasteiger partial charge in [-0.15, -0.1) is 0 Å². The summed E-state index contributed by atoms with van der Waals surface area (Å²) in [4.78, 5) is 57.7. The van der Waals surface area contributed by atoms with Gasteiger partial charge in [-0.25, -0.2) is 4.79 Å². The molecule has 1 unspecified atom stereocenters. The average molecular weight is 735 g/mol. The lowest BCUT2D eigenvalue weighted by atomic mass is 9.82. The van der Waals surface area contributed by atoms with Crippen LogP contribution in [0.3, 0.4) is 0 Å². The third-order valence-electron chi connectivity index (χ3n) is 9.90. The first kappa shape index (κ1) is 40.4. The molecule has 2 aromatic carbocycles. The fourth-order valence-corrected chi connectivity index (χ4v) is 6.31. The van der Waals surface area contributed by atoms with E-state index in [4.69, 9.17) is 26.6 Å².